The monoisotopic (exact) mass is 381 g/mol. The van der Waals surface area contributed by atoms with Crippen LogP contribution in [-0.2, 0) is 4.79 Å². The molecule has 0 amide bonds. The molecular formula is C24H33O2Si+. The number of hydrogen-bond acceptors (Lipinski definition) is 1. The molecule has 0 bridgehead atoms. The standard InChI is InChI=1S/C24H32O2Si/c1-24(2,3)27(22-13-6-4-7-14-22,23-15-8-5-9-16-23)26-21-12-10-11-20(19-21)17-18-25/h4-9,13-16,18,20-21H,10-12,17,19H2,1-3H3/p+1. The average molecular weight is 382 g/mol. The molecule has 2 aromatic rings. The Morgan fingerprint density at radius 2 is 1.52 bits per heavy atom. The number of carbonyl (C=O) groups is 1. The van der Waals surface area contributed by atoms with E-state index in [1.165, 1.54) is 23.2 Å². The van der Waals surface area contributed by atoms with Crippen LogP contribution in [0.1, 0.15) is 52.9 Å². The SMILES string of the molecule is CC(C)(C)[Si]([OH+]C1CCCC(CC=O)C1)(c1ccccc1)c1ccccc1. The van der Waals surface area contributed by atoms with Crippen LogP contribution in [0.2, 0.25) is 5.04 Å². The van der Waals surface area contributed by atoms with Crippen molar-refractivity contribution in [2.24, 2.45) is 5.92 Å². The largest absolute Gasteiger partial charge is 0.521 e. The molecule has 3 heteroatoms. The lowest BCUT2D eigenvalue weighted by atomic mass is 9.86. The van der Waals surface area contributed by atoms with E-state index in [9.17, 15) is 4.79 Å². The third-order valence-electron chi connectivity index (χ3n) is 6.03. The van der Waals surface area contributed by atoms with Crippen LogP contribution < -0.4 is 10.4 Å². The third kappa shape index (κ3) is 4.25. The van der Waals surface area contributed by atoms with Gasteiger partial charge in [0, 0.05) is 34.7 Å². The highest BCUT2D eigenvalue weighted by molar-refractivity contribution is 6.99. The van der Waals surface area contributed by atoms with Gasteiger partial charge in [-0.1, -0.05) is 81.4 Å². The highest BCUT2D eigenvalue weighted by Crippen LogP contribution is 2.38. The molecule has 1 N–H and O–H groups in total. The van der Waals surface area contributed by atoms with Crippen LogP contribution in [-0.4, -0.2) is 25.1 Å². The number of aldehydes is 1. The minimum Gasteiger partial charge on any atom is -0.521 e. The fourth-order valence-electron chi connectivity index (χ4n) is 4.74. The second-order valence-corrected chi connectivity index (χ2v) is 13.2. The summed E-state index contributed by atoms with van der Waals surface area (Å²) in [6, 6.07) is 21.9. The van der Waals surface area contributed by atoms with E-state index in [0.29, 0.717) is 18.4 Å². The first-order valence-corrected chi connectivity index (χ1v) is 12.2. The number of rotatable bonds is 6. The van der Waals surface area contributed by atoms with Gasteiger partial charge in [0.2, 0.25) is 0 Å². The Morgan fingerprint density at radius 1 is 0.963 bits per heavy atom. The molecule has 1 fully saturated rings. The summed E-state index contributed by atoms with van der Waals surface area (Å²) in [6.07, 6.45) is 6.71. The molecule has 0 aromatic heterocycles. The minimum atomic E-state index is -2.35. The second-order valence-electron chi connectivity index (χ2n) is 8.91. The smallest absolute Gasteiger partial charge is 0.457 e. The lowest BCUT2D eigenvalue weighted by molar-refractivity contribution is -0.109. The molecule has 2 nitrogen and oxygen atoms in total. The van der Waals surface area contributed by atoms with Gasteiger partial charge in [0.25, 0.3) is 0 Å². The average Bonchev–Trinajstić information content (AvgIpc) is 2.67. The van der Waals surface area contributed by atoms with E-state index in [1.54, 1.807) is 0 Å². The summed E-state index contributed by atoms with van der Waals surface area (Å²) in [5.74, 6) is 0.503. The zero-order valence-corrected chi connectivity index (χ0v) is 17.9. The number of benzene rings is 2. The van der Waals surface area contributed by atoms with Gasteiger partial charge in [-0.3, -0.25) is 0 Å². The maximum Gasteiger partial charge on any atom is 0.457 e. The lowest BCUT2D eigenvalue weighted by Crippen LogP contribution is -2.70. The first-order chi connectivity index (χ1) is 13.0. The van der Waals surface area contributed by atoms with Gasteiger partial charge in [0.05, 0.1) is 0 Å². The Balaban J connectivity index is 2.05. The molecule has 0 saturated heterocycles. The van der Waals surface area contributed by atoms with Gasteiger partial charge in [0.1, 0.15) is 12.4 Å². The summed E-state index contributed by atoms with van der Waals surface area (Å²) < 4.78 is 5.73. The van der Waals surface area contributed by atoms with Gasteiger partial charge in [-0.15, -0.1) is 0 Å². The molecule has 3 rings (SSSR count). The van der Waals surface area contributed by atoms with E-state index in [0.717, 1.165) is 19.1 Å². The lowest BCUT2D eigenvalue weighted by Gasteiger charge is -2.41. The first kappa shape index (κ1) is 20.0. The van der Waals surface area contributed by atoms with Gasteiger partial charge in [-0.05, 0) is 18.8 Å². The zero-order chi connectivity index (χ0) is 19.3. The maximum atomic E-state index is 11.0. The van der Waals surface area contributed by atoms with Crippen molar-refractivity contribution in [2.45, 2.75) is 64.0 Å². The molecule has 1 saturated carbocycles. The van der Waals surface area contributed by atoms with E-state index in [4.69, 9.17) is 4.43 Å². The quantitative estimate of drug-likeness (QED) is 0.418. The molecule has 0 radical (unpaired) electrons. The Bertz CT molecular complexity index is 682. The second kappa shape index (κ2) is 8.53. The Labute approximate surface area is 165 Å². The number of carbonyl (C=O) groups excluding carboxylic acids is 1. The van der Waals surface area contributed by atoms with Crippen LogP contribution >= 0.6 is 0 Å². The Kier molecular flexibility index (Phi) is 6.33. The molecule has 0 spiro atoms. The van der Waals surface area contributed by atoms with Crippen molar-refractivity contribution in [1.29, 1.82) is 0 Å². The van der Waals surface area contributed by atoms with E-state index < -0.39 is 8.32 Å². The van der Waals surface area contributed by atoms with Gasteiger partial charge in [0.15, 0.2) is 0 Å². The van der Waals surface area contributed by atoms with Crippen molar-refractivity contribution >= 4 is 25.0 Å². The highest BCUT2D eigenvalue weighted by Gasteiger charge is 2.60. The molecule has 27 heavy (non-hydrogen) atoms. The third-order valence-corrected chi connectivity index (χ3v) is 11.3. The van der Waals surface area contributed by atoms with Crippen LogP contribution in [0.25, 0.3) is 0 Å². The van der Waals surface area contributed by atoms with E-state index in [1.807, 2.05) is 0 Å². The van der Waals surface area contributed by atoms with Crippen LogP contribution in [0, 0.1) is 5.92 Å². The summed E-state index contributed by atoms with van der Waals surface area (Å²) in [5.41, 5.74) is 0. The van der Waals surface area contributed by atoms with E-state index in [-0.39, 0.29) is 5.04 Å². The van der Waals surface area contributed by atoms with Gasteiger partial charge in [-0.2, -0.15) is 0 Å². The predicted molar refractivity (Wildman–Crippen MR) is 116 cm³/mol. The summed E-state index contributed by atoms with van der Waals surface area (Å²) in [7, 11) is -2.35. The summed E-state index contributed by atoms with van der Waals surface area (Å²) in [5, 5.41) is 2.84. The fourth-order valence-corrected chi connectivity index (χ4v) is 9.62. The summed E-state index contributed by atoms with van der Waals surface area (Å²) in [6.45, 7) is 7.07. The Hall–Kier alpha value is -1.71. The number of aliphatic hydroxyl groups is 1. The van der Waals surface area contributed by atoms with E-state index in [2.05, 4.69) is 81.4 Å². The van der Waals surface area contributed by atoms with Crippen molar-refractivity contribution in [3.8, 4) is 0 Å². The maximum absolute atomic E-state index is 11.0. The zero-order valence-electron chi connectivity index (χ0n) is 16.9. The van der Waals surface area contributed by atoms with Crippen molar-refractivity contribution in [2.75, 3.05) is 0 Å². The van der Waals surface area contributed by atoms with Crippen molar-refractivity contribution in [3.05, 3.63) is 60.7 Å². The molecule has 2 unspecified atom stereocenters. The van der Waals surface area contributed by atoms with E-state index >= 15 is 0 Å². The van der Waals surface area contributed by atoms with Gasteiger partial charge >= 0.3 is 8.32 Å². The predicted octanol–water partition coefficient (Wildman–Crippen LogP) is 4.22. The topological polar surface area (TPSA) is 29.9 Å². The fraction of sp³-hybridized carbons (Fsp3) is 0.458. The normalized spacial score (nSPS) is 21.0. The van der Waals surface area contributed by atoms with Crippen molar-refractivity contribution < 1.29 is 9.22 Å². The van der Waals surface area contributed by atoms with Crippen molar-refractivity contribution in [3.63, 3.8) is 0 Å². The van der Waals surface area contributed by atoms with Crippen LogP contribution in [0.3, 0.4) is 0 Å². The molecule has 2 aromatic carbocycles. The molecule has 2 atom stereocenters. The van der Waals surface area contributed by atoms with Gasteiger partial charge in [-0.25, -0.2) is 0 Å². The molecule has 0 heterocycles. The van der Waals surface area contributed by atoms with Crippen LogP contribution in [0.15, 0.2) is 60.7 Å². The highest BCUT2D eigenvalue weighted by atomic mass is 28.4. The molecule has 0 aliphatic heterocycles. The Morgan fingerprint density at radius 3 is 2.00 bits per heavy atom. The molecule has 1 aliphatic carbocycles. The molecular weight excluding hydrogens is 348 g/mol. The van der Waals surface area contributed by atoms with Crippen molar-refractivity contribution in [1.82, 2.24) is 0 Å². The minimum absolute atomic E-state index is 0.0628. The van der Waals surface area contributed by atoms with Crippen LogP contribution in [0.5, 0.6) is 0 Å². The van der Waals surface area contributed by atoms with Crippen LogP contribution in [0.4, 0.5) is 0 Å². The first-order valence-electron chi connectivity index (χ1n) is 10.2. The molecule has 1 aliphatic rings. The summed E-state index contributed by atoms with van der Waals surface area (Å²) >= 11 is 0. The molecule has 144 valence electrons. The van der Waals surface area contributed by atoms with Gasteiger partial charge < -0.3 is 9.22 Å². The number of hydrogen-bond donors (Lipinski definition) is 0. The summed E-state index contributed by atoms with van der Waals surface area (Å²) in [4.78, 5) is 11.0.